The molecule has 0 spiro atoms. The largest absolute Gasteiger partial charge is 0.355 e. The van der Waals surface area contributed by atoms with E-state index < -0.39 is 0 Å². The molecule has 0 saturated heterocycles. The van der Waals surface area contributed by atoms with Crippen LogP contribution in [0.4, 0.5) is 0 Å². The third kappa shape index (κ3) is 4.48. The van der Waals surface area contributed by atoms with Gasteiger partial charge in [0.1, 0.15) is 0 Å². The van der Waals surface area contributed by atoms with E-state index in [1.165, 1.54) is 0 Å². The van der Waals surface area contributed by atoms with E-state index in [0.29, 0.717) is 13.0 Å². The minimum atomic E-state index is -0.301. The van der Waals surface area contributed by atoms with Crippen molar-refractivity contribution in [3.8, 4) is 6.07 Å². The molecule has 13 heavy (non-hydrogen) atoms. The molecule has 0 fully saturated rings. The Morgan fingerprint density at radius 1 is 1.54 bits per heavy atom. The van der Waals surface area contributed by atoms with Crippen molar-refractivity contribution in [3.05, 3.63) is 0 Å². The summed E-state index contributed by atoms with van der Waals surface area (Å²) in [5, 5.41) is 14.3. The quantitative estimate of drug-likeness (QED) is 0.648. The van der Waals surface area contributed by atoms with Crippen molar-refractivity contribution >= 4 is 5.91 Å². The Balaban J connectivity index is 3.91. The summed E-state index contributed by atoms with van der Waals surface area (Å²) in [7, 11) is 0. The Morgan fingerprint density at radius 2 is 2.15 bits per heavy atom. The molecule has 0 heterocycles. The molecule has 1 amide bonds. The van der Waals surface area contributed by atoms with Crippen LogP contribution in [-0.2, 0) is 4.79 Å². The zero-order valence-electron chi connectivity index (χ0n) is 8.42. The van der Waals surface area contributed by atoms with E-state index in [0.717, 1.165) is 0 Å². The fourth-order valence-corrected chi connectivity index (χ4v) is 0.951. The van der Waals surface area contributed by atoms with E-state index >= 15 is 0 Å². The van der Waals surface area contributed by atoms with E-state index in [2.05, 4.69) is 16.7 Å². The van der Waals surface area contributed by atoms with Gasteiger partial charge in [-0.1, -0.05) is 6.92 Å². The molecular formula is C9H17N3O. The highest BCUT2D eigenvalue weighted by molar-refractivity contribution is 5.81. The summed E-state index contributed by atoms with van der Waals surface area (Å²) in [6.45, 7) is 6.15. The van der Waals surface area contributed by atoms with Crippen LogP contribution in [0.5, 0.6) is 0 Å². The molecule has 0 radical (unpaired) electrons. The second-order valence-corrected chi connectivity index (χ2v) is 2.87. The molecule has 4 nitrogen and oxygen atoms in total. The molecule has 0 bridgehead atoms. The first-order chi connectivity index (χ1) is 6.15. The Morgan fingerprint density at radius 3 is 2.54 bits per heavy atom. The molecule has 2 unspecified atom stereocenters. The van der Waals surface area contributed by atoms with Gasteiger partial charge in [-0.25, -0.2) is 0 Å². The fraction of sp³-hybridized carbons (Fsp3) is 0.778. The summed E-state index contributed by atoms with van der Waals surface area (Å²) in [5.41, 5.74) is 0. The predicted molar refractivity (Wildman–Crippen MR) is 51.0 cm³/mol. The highest BCUT2D eigenvalue weighted by Crippen LogP contribution is 1.91. The van der Waals surface area contributed by atoms with Gasteiger partial charge in [-0.15, -0.1) is 0 Å². The number of carbonyl (C=O) groups excluding carboxylic acids is 1. The highest BCUT2D eigenvalue weighted by Gasteiger charge is 2.14. The number of nitrogens with one attached hydrogen (secondary N) is 2. The van der Waals surface area contributed by atoms with Crippen molar-refractivity contribution in [2.24, 2.45) is 0 Å². The topological polar surface area (TPSA) is 64.9 Å². The summed E-state index contributed by atoms with van der Waals surface area (Å²) >= 11 is 0. The third-order valence-corrected chi connectivity index (χ3v) is 1.76. The Labute approximate surface area is 79.3 Å². The van der Waals surface area contributed by atoms with Crippen LogP contribution in [0.15, 0.2) is 0 Å². The van der Waals surface area contributed by atoms with Crippen LogP contribution >= 0.6 is 0 Å². The summed E-state index contributed by atoms with van der Waals surface area (Å²) in [6, 6.07) is 1.55. The van der Waals surface area contributed by atoms with Gasteiger partial charge < -0.3 is 5.32 Å². The average Bonchev–Trinajstić information content (AvgIpc) is 2.14. The minimum Gasteiger partial charge on any atom is -0.355 e. The predicted octanol–water partition coefficient (Wildman–Crippen LogP) is 0.403. The van der Waals surface area contributed by atoms with Gasteiger partial charge in [0.2, 0.25) is 5.91 Å². The molecule has 2 atom stereocenters. The number of amides is 1. The minimum absolute atomic E-state index is 0.0591. The molecule has 0 aliphatic carbocycles. The van der Waals surface area contributed by atoms with E-state index in [1.807, 2.05) is 13.8 Å². The first kappa shape index (κ1) is 11.9. The standard InChI is InChI=1S/C9H17N3O/c1-4-8(6-10)12-7(3)9(13)11-5-2/h7-8,12H,4-5H2,1-3H3,(H,11,13). The van der Waals surface area contributed by atoms with Gasteiger partial charge in [0, 0.05) is 6.54 Å². The normalized spacial score (nSPS) is 14.3. The molecule has 0 rings (SSSR count). The molecule has 0 aromatic rings. The lowest BCUT2D eigenvalue weighted by atomic mass is 10.2. The van der Waals surface area contributed by atoms with Gasteiger partial charge in [-0.05, 0) is 20.3 Å². The van der Waals surface area contributed by atoms with E-state index in [-0.39, 0.29) is 18.0 Å². The van der Waals surface area contributed by atoms with Crippen LogP contribution in [-0.4, -0.2) is 24.5 Å². The molecule has 74 valence electrons. The molecule has 4 heteroatoms. The number of nitriles is 1. The first-order valence-electron chi connectivity index (χ1n) is 4.59. The summed E-state index contributed by atoms with van der Waals surface area (Å²) in [4.78, 5) is 11.2. The number of nitrogens with zero attached hydrogens (tertiary/aromatic N) is 1. The number of carbonyl (C=O) groups is 1. The number of hydrogen-bond donors (Lipinski definition) is 2. The molecular weight excluding hydrogens is 166 g/mol. The van der Waals surface area contributed by atoms with Gasteiger partial charge >= 0.3 is 0 Å². The molecule has 0 aliphatic rings. The lowest BCUT2D eigenvalue weighted by Gasteiger charge is -2.15. The van der Waals surface area contributed by atoms with E-state index in [9.17, 15) is 4.79 Å². The second kappa shape index (κ2) is 6.44. The lowest BCUT2D eigenvalue weighted by molar-refractivity contribution is -0.122. The molecule has 0 aromatic heterocycles. The monoisotopic (exact) mass is 183 g/mol. The van der Waals surface area contributed by atoms with Crippen molar-refractivity contribution in [2.45, 2.75) is 39.3 Å². The third-order valence-electron chi connectivity index (χ3n) is 1.76. The van der Waals surface area contributed by atoms with Crippen LogP contribution in [0.25, 0.3) is 0 Å². The Kier molecular flexibility index (Phi) is 5.90. The Hall–Kier alpha value is -1.08. The average molecular weight is 183 g/mol. The van der Waals surface area contributed by atoms with Crippen LogP contribution < -0.4 is 10.6 Å². The van der Waals surface area contributed by atoms with Crippen LogP contribution in [0.3, 0.4) is 0 Å². The van der Waals surface area contributed by atoms with Crippen molar-refractivity contribution in [1.29, 1.82) is 5.26 Å². The highest BCUT2D eigenvalue weighted by atomic mass is 16.2. The molecule has 2 N–H and O–H groups in total. The second-order valence-electron chi connectivity index (χ2n) is 2.87. The van der Waals surface area contributed by atoms with Crippen molar-refractivity contribution in [2.75, 3.05) is 6.54 Å². The van der Waals surface area contributed by atoms with Crippen LogP contribution in [0.2, 0.25) is 0 Å². The maximum atomic E-state index is 11.2. The zero-order chi connectivity index (χ0) is 10.3. The van der Waals surface area contributed by atoms with Gasteiger partial charge in [0.05, 0.1) is 18.2 Å². The SMILES string of the molecule is CCNC(=O)C(C)NC(C#N)CC. The van der Waals surface area contributed by atoms with Gasteiger partial charge in [0.15, 0.2) is 0 Å². The summed E-state index contributed by atoms with van der Waals surface area (Å²) in [5.74, 6) is -0.0591. The van der Waals surface area contributed by atoms with Crippen LogP contribution in [0.1, 0.15) is 27.2 Å². The fourth-order valence-electron chi connectivity index (χ4n) is 0.951. The number of likely N-dealkylation sites (N-methyl/N-ethyl adjacent to an activating group) is 1. The van der Waals surface area contributed by atoms with Crippen molar-refractivity contribution < 1.29 is 4.79 Å². The summed E-state index contributed by atoms with van der Waals surface area (Å²) in [6.07, 6.45) is 0.709. The van der Waals surface area contributed by atoms with E-state index in [1.54, 1.807) is 6.92 Å². The molecule has 0 aromatic carbocycles. The maximum Gasteiger partial charge on any atom is 0.236 e. The van der Waals surface area contributed by atoms with Crippen molar-refractivity contribution in [3.63, 3.8) is 0 Å². The van der Waals surface area contributed by atoms with Gasteiger partial charge in [-0.2, -0.15) is 5.26 Å². The maximum absolute atomic E-state index is 11.2. The van der Waals surface area contributed by atoms with Gasteiger partial charge in [0.25, 0.3) is 0 Å². The number of hydrogen-bond acceptors (Lipinski definition) is 3. The lowest BCUT2D eigenvalue weighted by Crippen LogP contribution is -2.45. The first-order valence-corrected chi connectivity index (χ1v) is 4.59. The Bertz CT molecular complexity index is 198. The smallest absolute Gasteiger partial charge is 0.236 e. The summed E-state index contributed by atoms with van der Waals surface area (Å²) < 4.78 is 0. The number of rotatable bonds is 5. The molecule has 0 aliphatic heterocycles. The van der Waals surface area contributed by atoms with Crippen molar-refractivity contribution in [1.82, 2.24) is 10.6 Å². The van der Waals surface area contributed by atoms with Crippen LogP contribution in [0, 0.1) is 11.3 Å². The van der Waals surface area contributed by atoms with Gasteiger partial charge in [-0.3, -0.25) is 10.1 Å². The molecule has 0 saturated carbocycles. The zero-order valence-corrected chi connectivity index (χ0v) is 8.42. The van der Waals surface area contributed by atoms with E-state index in [4.69, 9.17) is 5.26 Å².